The number of aliphatic hydroxyl groups excluding tert-OH is 11. The maximum absolute atomic E-state index is 13.1. The second-order valence-electron chi connectivity index (χ2n) is 23.1. The Kier molecular flexibility index (Phi) is 44.4. The van der Waals surface area contributed by atoms with Crippen molar-refractivity contribution < 1.29 is 88.0 Å². The molecule has 0 aromatic heterocycles. The Morgan fingerprint density at radius 2 is 1.05 bits per heavy atom. The molecule has 0 aliphatic carbocycles. The van der Waals surface area contributed by atoms with Crippen LogP contribution in [0.4, 0.5) is 0 Å². The van der Waals surface area contributed by atoms with Crippen molar-refractivity contribution in [3.8, 4) is 0 Å². The van der Waals surface area contributed by atoms with Crippen LogP contribution in [-0.2, 0) is 24.2 Å². The molecule has 0 heterocycles. The molecule has 0 saturated carbocycles. The summed E-state index contributed by atoms with van der Waals surface area (Å²) in [4.78, 5) is 28.2. The van der Waals surface area contributed by atoms with Crippen LogP contribution < -0.4 is 11.1 Å². The number of carbonyl (C=O) groups is 2. The van der Waals surface area contributed by atoms with Crippen LogP contribution in [0.5, 0.6) is 0 Å². The molecule has 0 radical (unpaired) electrons. The first-order chi connectivity index (χ1) is 41.3. The molecule has 15 unspecified atom stereocenters. The number of unbranched alkanes of at least 4 members (excludes halogenated alkanes) is 1. The molecule has 0 aliphatic rings. The summed E-state index contributed by atoms with van der Waals surface area (Å²) in [6.07, 6.45) is 29.1. The van der Waals surface area contributed by atoms with Gasteiger partial charge < -0.3 is 72.3 Å². The van der Waals surface area contributed by atoms with Crippen LogP contribution in [0.25, 0.3) is 0 Å². The van der Waals surface area contributed by atoms with Crippen LogP contribution in [0.1, 0.15) is 126 Å². The number of rotatable bonds is 46. The summed E-state index contributed by atoms with van der Waals surface area (Å²) in [7, 11) is -5.04. The summed E-state index contributed by atoms with van der Waals surface area (Å²) in [6, 6.07) is 0. The highest BCUT2D eigenvalue weighted by Gasteiger charge is 2.32. The highest BCUT2D eigenvalue weighted by molar-refractivity contribution is 7.80. The van der Waals surface area contributed by atoms with Gasteiger partial charge in [-0.15, -0.1) is 0 Å². The Labute approximate surface area is 522 Å². The van der Waals surface area contributed by atoms with Crippen LogP contribution in [0.15, 0.2) is 162 Å². The van der Waals surface area contributed by atoms with E-state index in [-0.39, 0.29) is 61.9 Å². The molecule has 498 valence electrons. The molecule has 0 aromatic carbocycles. The van der Waals surface area contributed by atoms with Crippen LogP contribution >= 0.6 is 0 Å². The van der Waals surface area contributed by atoms with Gasteiger partial charge in [0.2, 0.25) is 0 Å². The zero-order chi connectivity index (χ0) is 66.7. The maximum atomic E-state index is 13.1. The molecule has 21 nitrogen and oxygen atoms in total. The first kappa shape index (κ1) is 82.5. The number of guanidine groups is 1. The van der Waals surface area contributed by atoms with E-state index in [2.05, 4.69) is 31.1 Å². The Balaban J connectivity index is 4.85. The zero-order valence-electron chi connectivity index (χ0n) is 52.3. The minimum Gasteiger partial charge on any atom is -0.478 e. The van der Waals surface area contributed by atoms with E-state index in [1.165, 1.54) is 68.5 Å². The van der Waals surface area contributed by atoms with Crippen molar-refractivity contribution in [2.24, 2.45) is 33.9 Å². The zero-order valence-corrected chi connectivity index (χ0v) is 53.1. The molecular weight excluding hydrogens is 1150 g/mol. The molecule has 88 heavy (non-hydrogen) atoms. The van der Waals surface area contributed by atoms with Crippen molar-refractivity contribution in [3.05, 3.63) is 157 Å². The maximum Gasteiger partial charge on any atom is 0.397 e. The monoisotopic (exact) mass is 1260 g/mol. The smallest absolute Gasteiger partial charge is 0.397 e. The molecule has 0 amide bonds. The summed E-state index contributed by atoms with van der Waals surface area (Å²) in [5.74, 6) is -3.46. The summed E-state index contributed by atoms with van der Waals surface area (Å²) in [5.41, 5.74) is 6.13. The van der Waals surface area contributed by atoms with E-state index in [1.54, 1.807) is 79.8 Å². The van der Waals surface area contributed by atoms with Crippen molar-refractivity contribution in [1.82, 2.24) is 5.32 Å². The van der Waals surface area contributed by atoms with Crippen molar-refractivity contribution in [1.29, 1.82) is 0 Å². The van der Waals surface area contributed by atoms with E-state index in [0.717, 1.165) is 12.8 Å². The van der Waals surface area contributed by atoms with Gasteiger partial charge in [0, 0.05) is 55.7 Å². The molecule has 0 fully saturated rings. The molecule has 0 aromatic rings. The van der Waals surface area contributed by atoms with Crippen LogP contribution in [-0.4, -0.2) is 178 Å². The average Bonchev–Trinajstić information content (AvgIpc) is 2.26. The number of hydrogen-bond acceptors (Lipinski definition) is 17. The van der Waals surface area contributed by atoms with Gasteiger partial charge in [-0.05, 0) is 70.1 Å². The highest BCUT2D eigenvalue weighted by Crippen LogP contribution is 2.21. The van der Waals surface area contributed by atoms with E-state index < -0.39 is 114 Å². The third-order valence-corrected chi connectivity index (χ3v) is 13.8. The number of nitrogens with zero attached hydrogens (tertiary/aromatic N) is 1. The summed E-state index contributed by atoms with van der Waals surface area (Å²) in [6.45, 7) is 13.7. The number of aliphatic hydroxyl groups is 11. The lowest BCUT2D eigenvalue weighted by Crippen LogP contribution is -2.37. The first-order valence-electron chi connectivity index (χ1n) is 29.9. The van der Waals surface area contributed by atoms with Crippen molar-refractivity contribution in [3.63, 3.8) is 0 Å². The molecule has 0 rings (SSSR count). The lowest BCUT2D eigenvalue weighted by molar-refractivity contribution is -0.134. The second kappa shape index (κ2) is 47.4. The molecule has 0 saturated heterocycles. The fraction of sp³-hybridized carbons (Fsp3) is 0.561. The fourth-order valence-electron chi connectivity index (χ4n) is 8.12. The number of ketones is 1. The molecule has 0 aliphatic heterocycles. The number of carboxylic acid groups (broad SMARTS) is 1. The number of nitrogens with one attached hydrogen (secondary N) is 1. The highest BCUT2D eigenvalue weighted by atomic mass is 32.3. The number of carbonyl (C=O) groups excluding carboxylic acids is 1. The number of Topliss-reactive ketones (excluding diaryl/α,β-unsaturated/α-hetero) is 1. The quantitative estimate of drug-likeness (QED) is 0.00636. The number of allylic oxidation sites excluding steroid dienone is 16. The minimum absolute atomic E-state index is 0.0197. The number of nitrogens with two attached hydrogens (primary N) is 1. The van der Waals surface area contributed by atoms with E-state index in [9.17, 15) is 78.7 Å². The standard InChI is InChI=1S/C66H105N3O18S/c1-47(29-21-17-13-12-14-18-22-30-48(2)64(82)83)62(80)49(3)59(78)38-23-19-15-10-8-9-11-16-20-24-39-61(87-88(84,85)86)50(4)63(81)60(79)45-57(76)36-27-35-55(74)44-58(77)43-54(73)34-26-33-52(71)41-51(70)31-25-32-53(72)42-56(75)37-28-40-68-65(67)69-46-66(5,6)7/h8-12,14-16,18-27,29-31,34,36,38-39,47,49-62,70-80H,13,17,28,32-33,35,37,40-46H2,1-7H3,(H,82,83)(H3,67,68,69)(H,84,85,86)/b10-8+,11-9+,14-12+,19-15+,20-16+,22-18+,29-21+,31-25+,34-26+,36-27+,38-23+,39-24-,48-30+. The van der Waals surface area contributed by atoms with Gasteiger partial charge in [0.25, 0.3) is 0 Å². The first-order valence-corrected chi connectivity index (χ1v) is 31.3. The van der Waals surface area contributed by atoms with Crippen LogP contribution in [0.2, 0.25) is 0 Å². The van der Waals surface area contributed by atoms with Gasteiger partial charge in [0.15, 0.2) is 11.7 Å². The SMILES string of the molecule is C\C(=C/C=C/C=C/CC/C=C/C(C)C(O)C(C)C(O)/C=C/C=C/C=C/C=C/C=C/C=C\C(OS(=O)(=O)O)C(C)C(=O)C(O)CC(O)/C=C/CC(O)CC(O)CC(O)/C=C/CC(O)CC(O)/C=C/CC(O)CC(O)CCCNC(N)=NCC(C)(C)C)C(=O)O. The summed E-state index contributed by atoms with van der Waals surface area (Å²) < 4.78 is 37.3. The molecule has 16 N–H and O–H groups in total. The van der Waals surface area contributed by atoms with Gasteiger partial charge in [0.05, 0.1) is 61.0 Å². The fourth-order valence-corrected chi connectivity index (χ4v) is 8.63. The number of aliphatic imine (C=N–C) groups is 1. The van der Waals surface area contributed by atoms with Gasteiger partial charge in [-0.1, -0.05) is 193 Å². The van der Waals surface area contributed by atoms with Crippen molar-refractivity contribution in [2.45, 2.75) is 199 Å². The molecule has 15 atom stereocenters. The average molecular weight is 1260 g/mol. The molecule has 22 heteroatoms. The predicted molar refractivity (Wildman–Crippen MR) is 345 cm³/mol. The largest absolute Gasteiger partial charge is 0.478 e. The molecule has 0 bridgehead atoms. The minimum atomic E-state index is -5.04. The lowest BCUT2D eigenvalue weighted by Gasteiger charge is -2.25. The van der Waals surface area contributed by atoms with Gasteiger partial charge >= 0.3 is 16.4 Å². The topological polar surface area (TPSA) is 391 Å². The van der Waals surface area contributed by atoms with Crippen LogP contribution in [0, 0.1) is 23.2 Å². The van der Waals surface area contributed by atoms with E-state index in [4.69, 9.17) is 15.0 Å². The Morgan fingerprint density at radius 3 is 1.57 bits per heavy atom. The molecule has 0 spiro atoms. The third kappa shape index (κ3) is 45.7. The van der Waals surface area contributed by atoms with Crippen molar-refractivity contribution >= 4 is 28.1 Å². The van der Waals surface area contributed by atoms with Gasteiger partial charge in [-0.25, -0.2) is 8.98 Å². The summed E-state index contributed by atoms with van der Waals surface area (Å²) in [5, 5.41) is 127. The van der Waals surface area contributed by atoms with Gasteiger partial charge in [-0.3, -0.25) is 14.3 Å². The van der Waals surface area contributed by atoms with Gasteiger partial charge in [0.1, 0.15) is 12.2 Å². The third-order valence-electron chi connectivity index (χ3n) is 13.3. The van der Waals surface area contributed by atoms with E-state index >= 15 is 0 Å². The predicted octanol–water partition coefficient (Wildman–Crippen LogP) is 5.96. The lowest BCUT2D eigenvalue weighted by atomic mass is 9.88. The molecular formula is C66H105N3O18S. The number of carboxylic acids is 1. The Hall–Kier alpha value is -5.54. The normalized spacial score (nSPS) is 19.2. The second-order valence-corrected chi connectivity index (χ2v) is 24.2. The number of hydrogen-bond donors (Lipinski definition) is 15. The number of aliphatic carboxylic acids is 1. The Morgan fingerprint density at radius 1 is 0.580 bits per heavy atom. The van der Waals surface area contributed by atoms with Crippen molar-refractivity contribution in [2.75, 3.05) is 13.1 Å². The summed E-state index contributed by atoms with van der Waals surface area (Å²) >= 11 is 0. The van der Waals surface area contributed by atoms with E-state index in [0.29, 0.717) is 31.9 Å². The Bertz CT molecular complexity index is 2510. The van der Waals surface area contributed by atoms with E-state index in [1.807, 2.05) is 31.2 Å². The van der Waals surface area contributed by atoms with Gasteiger partial charge in [-0.2, -0.15) is 8.42 Å². The van der Waals surface area contributed by atoms with Crippen LogP contribution in [0.3, 0.4) is 0 Å².